The highest BCUT2D eigenvalue weighted by molar-refractivity contribution is 6.15. The van der Waals surface area contributed by atoms with Gasteiger partial charge in [0.25, 0.3) is 0 Å². The molecule has 6 nitrogen and oxygen atoms in total. The van der Waals surface area contributed by atoms with E-state index in [1.807, 2.05) is 0 Å². The lowest BCUT2D eigenvalue weighted by molar-refractivity contribution is 0.705. The number of hydrogen-bond acceptors (Lipinski definition) is 3. The van der Waals surface area contributed by atoms with E-state index in [0.29, 0.717) is 5.84 Å². The van der Waals surface area contributed by atoms with Gasteiger partial charge in [0.15, 0.2) is 5.84 Å². The molecule has 4 atom stereocenters. The van der Waals surface area contributed by atoms with E-state index >= 15 is 0 Å². The number of amidine groups is 2. The first-order valence-electron chi connectivity index (χ1n) is 21.2. The van der Waals surface area contributed by atoms with Crippen molar-refractivity contribution in [1.82, 2.24) is 4.57 Å². The Morgan fingerprint density at radius 2 is 1.38 bits per heavy atom. The quantitative estimate of drug-likeness (QED) is 0.123. The van der Waals surface area contributed by atoms with Crippen LogP contribution in [0.15, 0.2) is 209 Å². The maximum atomic E-state index is 6.64. The van der Waals surface area contributed by atoms with Crippen molar-refractivity contribution in [2.24, 2.45) is 32.5 Å². The Labute approximate surface area is 357 Å². The normalized spacial score (nSPS) is 19.3. The molecular formula is C55H48N6. The summed E-state index contributed by atoms with van der Waals surface area (Å²) in [6, 6.07) is 52.2. The van der Waals surface area contributed by atoms with E-state index in [1.54, 1.807) is 7.05 Å². The number of aromatic nitrogens is 1. The van der Waals surface area contributed by atoms with Gasteiger partial charge in [-0.15, -0.1) is 0 Å². The Hall–Kier alpha value is -7.31. The largest absolute Gasteiger partial charge is 0.387 e. The average molecular weight is 793 g/mol. The van der Waals surface area contributed by atoms with Gasteiger partial charge in [0.1, 0.15) is 5.84 Å². The van der Waals surface area contributed by atoms with Crippen molar-refractivity contribution in [3.05, 3.63) is 211 Å². The number of allylic oxidation sites excluding steroid dienone is 7. The summed E-state index contributed by atoms with van der Waals surface area (Å²) >= 11 is 0. The smallest absolute Gasteiger partial charge is 0.155 e. The summed E-state index contributed by atoms with van der Waals surface area (Å²) in [7, 11) is 1.78. The molecule has 0 spiro atoms. The summed E-state index contributed by atoms with van der Waals surface area (Å²) in [5.74, 6) is 1.60. The Morgan fingerprint density at radius 1 is 0.705 bits per heavy atom. The second-order valence-corrected chi connectivity index (χ2v) is 16.2. The molecule has 2 heterocycles. The third kappa shape index (κ3) is 6.94. The lowest BCUT2D eigenvalue weighted by Crippen LogP contribution is -2.30. The minimum absolute atomic E-state index is 0.0373. The van der Waals surface area contributed by atoms with Crippen molar-refractivity contribution < 1.29 is 0 Å². The number of nitrogens with two attached hydrogens (primary N) is 1. The zero-order valence-electron chi connectivity index (χ0n) is 34.7. The van der Waals surface area contributed by atoms with Crippen molar-refractivity contribution in [3.8, 4) is 16.8 Å². The van der Waals surface area contributed by atoms with Crippen LogP contribution in [0.4, 0.5) is 11.4 Å². The lowest BCUT2D eigenvalue weighted by Gasteiger charge is -2.28. The summed E-state index contributed by atoms with van der Waals surface area (Å²) in [6.07, 6.45) is 16.2. The lowest BCUT2D eigenvalue weighted by atomic mass is 9.81. The van der Waals surface area contributed by atoms with E-state index in [1.165, 1.54) is 22.3 Å². The molecular weight excluding hydrogens is 745 g/mol. The van der Waals surface area contributed by atoms with Crippen LogP contribution in [0.25, 0.3) is 38.6 Å². The number of hydrogen-bond donors (Lipinski definition) is 1. The molecule has 10 rings (SSSR count). The number of benzene rings is 6. The molecule has 0 bridgehead atoms. The van der Waals surface area contributed by atoms with Gasteiger partial charge < -0.3 is 15.2 Å². The van der Waals surface area contributed by atoms with Gasteiger partial charge in [-0.05, 0) is 115 Å². The third-order valence-electron chi connectivity index (χ3n) is 12.5. The molecule has 0 fully saturated rings. The van der Waals surface area contributed by atoms with E-state index < -0.39 is 0 Å². The first-order valence-corrected chi connectivity index (χ1v) is 21.2. The van der Waals surface area contributed by atoms with E-state index in [-0.39, 0.29) is 23.8 Å². The minimum atomic E-state index is -0.0753. The molecule has 2 aliphatic carbocycles. The topological polar surface area (TPSA) is 71.3 Å². The summed E-state index contributed by atoms with van der Waals surface area (Å²) in [5.41, 5.74) is 20.3. The summed E-state index contributed by atoms with van der Waals surface area (Å²) < 4.78 is 2.37. The van der Waals surface area contributed by atoms with Gasteiger partial charge in [0.2, 0.25) is 0 Å². The fourth-order valence-corrected chi connectivity index (χ4v) is 9.34. The number of fused-ring (bicyclic) bond motifs is 6. The van der Waals surface area contributed by atoms with Crippen LogP contribution in [0.5, 0.6) is 0 Å². The van der Waals surface area contributed by atoms with Crippen LogP contribution in [-0.4, -0.2) is 29.0 Å². The fraction of sp³-hybridized carbons (Fsp3) is 0.145. The molecule has 0 saturated carbocycles. The van der Waals surface area contributed by atoms with Crippen molar-refractivity contribution in [2.45, 2.75) is 32.2 Å². The van der Waals surface area contributed by atoms with Crippen LogP contribution in [0.3, 0.4) is 0 Å². The molecule has 1 aromatic heterocycles. The van der Waals surface area contributed by atoms with Crippen LogP contribution in [0.2, 0.25) is 0 Å². The molecule has 0 saturated heterocycles. The molecule has 6 heteroatoms. The van der Waals surface area contributed by atoms with Crippen molar-refractivity contribution in [2.75, 3.05) is 11.9 Å². The van der Waals surface area contributed by atoms with E-state index in [4.69, 9.17) is 15.7 Å². The molecule has 3 aliphatic rings. The van der Waals surface area contributed by atoms with Crippen LogP contribution >= 0.6 is 0 Å². The molecule has 4 unspecified atom stereocenters. The summed E-state index contributed by atoms with van der Waals surface area (Å²) in [5, 5.41) is 2.32. The second kappa shape index (κ2) is 16.0. The number of para-hydroxylation sites is 2. The molecule has 298 valence electrons. The maximum Gasteiger partial charge on any atom is 0.155 e. The highest BCUT2D eigenvalue weighted by Crippen LogP contribution is 2.53. The first kappa shape index (κ1) is 37.9. The van der Waals surface area contributed by atoms with E-state index in [0.717, 1.165) is 68.0 Å². The van der Waals surface area contributed by atoms with Gasteiger partial charge in [0, 0.05) is 69.6 Å². The molecule has 2 N–H and O–H groups in total. The highest BCUT2D eigenvalue weighted by Gasteiger charge is 2.41. The summed E-state index contributed by atoms with van der Waals surface area (Å²) in [4.78, 5) is 17.5. The van der Waals surface area contributed by atoms with Gasteiger partial charge >= 0.3 is 0 Å². The average Bonchev–Trinajstić information content (AvgIpc) is 3.84. The molecule has 1 aliphatic heterocycles. The van der Waals surface area contributed by atoms with Gasteiger partial charge in [-0.3, -0.25) is 9.98 Å². The zero-order chi connectivity index (χ0) is 41.5. The SMILES string of the molecule is CN=C(N)C1C=CC=C2C1c1cc(-c3ccc4c(c3)c3cc(C(=NC(C)c5ccccc5)N=C(C)C5C=CC=CC5)ccc3n4-c3ccccc3)ccc1N2c1ccccc1. The predicted octanol–water partition coefficient (Wildman–Crippen LogP) is 12.8. The number of aliphatic imine (C=N–C) groups is 3. The van der Waals surface area contributed by atoms with E-state index in [9.17, 15) is 0 Å². The standard InChI is InChI=1S/C55H48N6/c1-36(38-17-8-4-9-18-38)58-55(59-37(2)39-19-10-5-11-20-39)42-29-32-50-47(35-42)46-33-40(27-30-49(46)60(50)43-21-12-6-13-22-43)41-28-31-51-48(34-41)53-45(54(56)57-3)25-16-26-52(53)61(51)44-23-14-7-15-24-44/h4-19,21-36,39,45,53H,20H2,1-3H3,(H2,56,57). The molecule has 6 aromatic carbocycles. The molecule has 0 radical (unpaired) electrons. The van der Waals surface area contributed by atoms with E-state index in [2.05, 4.69) is 216 Å². The number of rotatable bonds is 8. The Kier molecular flexibility index (Phi) is 9.97. The van der Waals surface area contributed by atoms with Crippen LogP contribution in [0.1, 0.15) is 48.9 Å². The van der Waals surface area contributed by atoms with Crippen molar-refractivity contribution >= 4 is 50.6 Å². The van der Waals surface area contributed by atoms with Gasteiger partial charge in [-0.1, -0.05) is 115 Å². The predicted molar refractivity (Wildman–Crippen MR) is 257 cm³/mol. The Balaban J connectivity index is 1.14. The van der Waals surface area contributed by atoms with Crippen LogP contribution in [0, 0.1) is 11.8 Å². The van der Waals surface area contributed by atoms with Gasteiger partial charge in [-0.25, -0.2) is 4.99 Å². The molecule has 7 aromatic rings. The number of anilines is 2. The minimum Gasteiger partial charge on any atom is -0.387 e. The zero-order valence-corrected chi connectivity index (χ0v) is 34.7. The monoisotopic (exact) mass is 792 g/mol. The molecule has 61 heavy (non-hydrogen) atoms. The Morgan fingerprint density at radius 3 is 2.10 bits per heavy atom. The second-order valence-electron chi connectivity index (χ2n) is 16.2. The Bertz CT molecular complexity index is 3000. The maximum absolute atomic E-state index is 6.64. The van der Waals surface area contributed by atoms with Crippen molar-refractivity contribution in [1.29, 1.82) is 0 Å². The molecule has 0 amide bonds. The highest BCUT2D eigenvalue weighted by atomic mass is 15.2. The fourth-order valence-electron chi connectivity index (χ4n) is 9.34. The van der Waals surface area contributed by atoms with Gasteiger partial charge in [0.05, 0.1) is 17.1 Å². The van der Waals surface area contributed by atoms with Crippen LogP contribution in [-0.2, 0) is 0 Å². The van der Waals surface area contributed by atoms with Gasteiger partial charge in [-0.2, -0.15) is 0 Å². The van der Waals surface area contributed by atoms with Crippen molar-refractivity contribution in [3.63, 3.8) is 0 Å². The first-order chi connectivity index (χ1) is 30.0. The number of nitrogens with zero attached hydrogens (tertiary/aromatic N) is 5. The third-order valence-corrected chi connectivity index (χ3v) is 12.5. The van der Waals surface area contributed by atoms with Crippen LogP contribution < -0.4 is 10.6 Å². The summed E-state index contributed by atoms with van der Waals surface area (Å²) in [6.45, 7) is 4.28.